The number of carbonyl (C=O) groups excluding carboxylic acids is 2. The summed E-state index contributed by atoms with van der Waals surface area (Å²) in [5.41, 5.74) is 7.19. The van der Waals surface area contributed by atoms with E-state index in [0.717, 1.165) is 11.3 Å². The molecule has 1 unspecified atom stereocenters. The number of carbonyl (C=O) groups is 2. The molecule has 3 aromatic carbocycles. The van der Waals surface area contributed by atoms with Crippen LogP contribution < -0.4 is 25.8 Å². The van der Waals surface area contributed by atoms with E-state index in [1.165, 1.54) is 0 Å². The van der Waals surface area contributed by atoms with Gasteiger partial charge in [-0.15, -0.1) is 0 Å². The molecule has 3 aromatic rings. The third-order valence-corrected chi connectivity index (χ3v) is 4.66. The van der Waals surface area contributed by atoms with Gasteiger partial charge >= 0.3 is 6.03 Å². The molecule has 1 atom stereocenters. The quantitative estimate of drug-likeness (QED) is 0.419. The van der Waals surface area contributed by atoms with Crippen LogP contribution in [0.15, 0.2) is 78.9 Å². The van der Waals surface area contributed by atoms with Gasteiger partial charge in [-0.2, -0.15) is 0 Å². The van der Waals surface area contributed by atoms with Crippen LogP contribution in [0.1, 0.15) is 23.6 Å². The first kappa shape index (κ1) is 22.7. The Morgan fingerprint density at radius 1 is 0.906 bits per heavy atom. The van der Waals surface area contributed by atoms with E-state index in [1.807, 2.05) is 67.6 Å². The van der Waals surface area contributed by atoms with Gasteiger partial charge in [-0.3, -0.25) is 4.79 Å². The summed E-state index contributed by atoms with van der Waals surface area (Å²) in [6, 6.07) is 22.9. The average molecular weight is 434 g/mol. The van der Waals surface area contributed by atoms with E-state index >= 15 is 0 Å². The van der Waals surface area contributed by atoms with Crippen molar-refractivity contribution in [3.8, 4) is 17.2 Å². The highest BCUT2D eigenvalue weighted by Crippen LogP contribution is 2.26. The van der Waals surface area contributed by atoms with E-state index in [4.69, 9.17) is 15.2 Å². The maximum atomic E-state index is 12.5. The third kappa shape index (κ3) is 7.36. The number of nitrogens with one attached hydrogen (secondary N) is 2. The number of primary amides is 1. The number of hydrogen-bond donors (Lipinski definition) is 3. The molecule has 0 aliphatic rings. The maximum Gasteiger partial charge on any atom is 0.312 e. The Morgan fingerprint density at radius 2 is 1.62 bits per heavy atom. The molecule has 4 N–H and O–H groups in total. The Balaban J connectivity index is 1.56. The van der Waals surface area contributed by atoms with Crippen molar-refractivity contribution in [2.24, 2.45) is 5.73 Å². The van der Waals surface area contributed by atoms with E-state index in [-0.39, 0.29) is 12.3 Å². The molecule has 0 bridgehead atoms. The van der Waals surface area contributed by atoms with Crippen molar-refractivity contribution < 1.29 is 19.1 Å². The maximum absolute atomic E-state index is 12.5. The highest BCUT2D eigenvalue weighted by molar-refractivity contribution is 5.78. The van der Waals surface area contributed by atoms with Crippen molar-refractivity contribution in [2.75, 3.05) is 13.2 Å². The van der Waals surface area contributed by atoms with Crippen LogP contribution in [0.2, 0.25) is 0 Å². The van der Waals surface area contributed by atoms with E-state index in [0.29, 0.717) is 30.2 Å². The Bertz CT molecular complexity index is 1020. The minimum atomic E-state index is -0.708. The zero-order valence-corrected chi connectivity index (χ0v) is 17.9. The van der Waals surface area contributed by atoms with E-state index in [1.54, 1.807) is 18.2 Å². The number of benzene rings is 3. The molecule has 0 fully saturated rings. The van der Waals surface area contributed by atoms with Gasteiger partial charge < -0.3 is 25.8 Å². The average Bonchev–Trinajstić information content (AvgIpc) is 2.78. The van der Waals surface area contributed by atoms with Crippen molar-refractivity contribution in [3.63, 3.8) is 0 Å². The Morgan fingerprint density at radius 3 is 2.34 bits per heavy atom. The number of nitrogens with two attached hydrogens (primary N) is 1. The van der Waals surface area contributed by atoms with Gasteiger partial charge in [-0.1, -0.05) is 48.0 Å². The number of ether oxygens (including phenoxy) is 2. The van der Waals surface area contributed by atoms with Crippen LogP contribution in [0.5, 0.6) is 17.2 Å². The summed E-state index contributed by atoms with van der Waals surface area (Å²) in [6.45, 7) is 2.68. The number of para-hydroxylation sites is 1. The SMILES string of the molecule is Cc1ccc(OCCNC(=O)CC(NC(N)=O)c2cccc(Oc3ccccc3)c2)cc1. The zero-order chi connectivity index (χ0) is 22.8. The second-order valence-corrected chi connectivity index (χ2v) is 7.26. The predicted octanol–water partition coefficient (Wildman–Crippen LogP) is 4.08. The monoisotopic (exact) mass is 433 g/mol. The lowest BCUT2D eigenvalue weighted by atomic mass is 10.0. The summed E-state index contributed by atoms with van der Waals surface area (Å²) in [5, 5.41) is 5.44. The van der Waals surface area contributed by atoms with E-state index in [2.05, 4.69) is 10.6 Å². The summed E-state index contributed by atoms with van der Waals surface area (Å²) in [5.74, 6) is 1.80. The summed E-state index contributed by atoms with van der Waals surface area (Å²) in [4.78, 5) is 24.0. The molecule has 7 heteroatoms. The van der Waals surface area contributed by atoms with Crippen LogP contribution >= 0.6 is 0 Å². The van der Waals surface area contributed by atoms with Gasteiger partial charge in [-0.05, 0) is 48.9 Å². The van der Waals surface area contributed by atoms with Gasteiger partial charge in [0, 0.05) is 0 Å². The standard InChI is InChI=1S/C25H27N3O4/c1-18-10-12-20(13-11-18)31-15-14-27-24(29)17-23(28-25(26)30)19-6-5-9-22(16-19)32-21-7-3-2-4-8-21/h2-13,16,23H,14-15,17H2,1H3,(H,27,29)(H3,26,28,30). The Kier molecular flexibility index (Phi) is 8.09. The van der Waals surface area contributed by atoms with Crippen LogP contribution in [0, 0.1) is 6.92 Å². The fourth-order valence-corrected chi connectivity index (χ4v) is 3.09. The summed E-state index contributed by atoms with van der Waals surface area (Å²) in [7, 11) is 0. The lowest BCUT2D eigenvalue weighted by Gasteiger charge is -2.19. The van der Waals surface area contributed by atoms with Crippen molar-refractivity contribution in [1.82, 2.24) is 10.6 Å². The minimum Gasteiger partial charge on any atom is -0.492 e. The largest absolute Gasteiger partial charge is 0.492 e. The van der Waals surface area contributed by atoms with Crippen molar-refractivity contribution in [1.29, 1.82) is 0 Å². The molecule has 3 rings (SSSR count). The molecule has 0 heterocycles. The Hall–Kier alpha value is -4.00. The highest BCUT2D eigenvalue weighted by atomic mass is 16.5. The molecule has 0 spiro atoms. The molecule has 0 saturated carbocycles. The van der Waals surface area contributed by atoms with Crippen LogP contribution in [-0.4, -0.2) is 25.1 Å². The van der Waals surface area contributed by atoms with Crippen LogP contribution in [0.25, 0.3) is 0 Å². The van der Waals surface area contributed by atoms with Gasteiger partial charge in [0.15, 0.2) is 0 Å². The molecule has 0 radical (unpaired) electrons. The summed E-state index contributed by atoms with van der Waals surface area (Å²) >= 11 is 0. The van der Waals surface area contributed by atoms with Crippen molar-refractivity contribution in [2.45, 2.75) is 19.4 Å². The number of urea groups is 1. The molecule has 7 nitrogen and oxygen atoms in total. The van der Waals surface area contributed by atoms with Gasteiger partial charge in [0.2, 0.25) is 5.91 Å². The van der Waals surface area contributed by atoms with Crippen LogP contribution in [-0.2, 0) is 4.79 Å². The second kappa shape index (κ2) is 11.4. The lowest BCUT2D eigenvalue weighted by molar-refractivity contribution is -0.121. The van der Waals surface area contributed by atoms with Crippen molar-refractivity contribution in [3.05, 3.63) is 90.0 Å². The van der Waals surface area contributed by atoms with Gasteiger partial charge in [-0.25, -0.2) is 4.79 Å². The molecular formula is C25H27N3O4. The second-order valence-electron chi connectivity index (χ2n) is 7.26. The summed E-state index contributed by atoms with van der Waals surface area (Å²) < 4.78 is 11.5. The topological polar surface area (TPSA) is 103 Å². The molecule has 0 aliphatic heterocycles. The molecule has 166 valence electrons. The van der Waals surface area contributed by atoms with Gasteiger partial charge in [0.1, 0.15) is 23.9 Å². The first-order chi connectivity index (χ1) is 15.5. The molecule has 0 aliphatic carbocycles. The Labute approximate surface area is 187 Å². The first-order valence-corrected chi connectivity index (χ1v) is 10.3. The molecule has 0 aromatic heterocycles. The van der Waals surface area contributed by atoms with E-state index < -0.39 is 12.1 Å². The fraction of sp³-hybridized carbons (Fsp3) is 0.200. The van der Waals surface area contributed by atoms with Crippen LogP contribution in [0.4, 0.5) is 4.79 Å². The number of rotatable bonds is 10. The third-order valence-electron chi connectivity index (χ3n) is 4.66. The number of amides is 3. The molecule has 3 amide bonds. The fourth-order valence-electron chi connectivity index (χ4n) is 3.09. The van der Waals surface area contributed by atoms with Crippen LogP contribution in [0.3, 0.4) is 0 Å². The molecule has 32 heavy (non-hydrogen) atoms. The van der Waals surface area contributed by atoms with Gasteiger partial charge in [0.25, 0.3) is 0 Å². The highest BCUT2D eigenvalue weighted by Gasteiger charge is 2.18. The minimum absolute atomic E-state index is 0.0300. The first-order valence-electron chi connectivity index (χ1n) is 10.3. The number of hydrogen-bond acceptors (Lipinski definition) is 4. The smallest absolute Gasteiger partial charge is 0.312 e. The summed E-state index contributed by atoms with van der Waals surface area (Å²) in [6.07, 6.45) is 0.0300. The van der Waals surface area contributed by atoms with E-state index in [9.17, 15) is 9.59 Å². The lowest BCUT2D eigenvalue weighted by Crippen LogP contribution is -2.37. The molecule has 0 saturated heterocycles. The number of aryl methyl sites for hydroxylation is 1. The normalized spacial score (nSPS) is 11.3. The van der Waals surface area contributed by atoms with Gasteiger partial charge in [0.05, 0.1) is 19.0 Å². The predicted molar refractivity (Wildman–Crippen MR) is 123 cm³/mol. The molecular weight excluding hydrogens is 406 g/mol. The zero-order valence-electron chi connectivity index (χ0n) is 17.9. The van der Waals surface area contributed by atoms with Crippen molar-refractivity contribution >= 4 is 11.9 Å².